The molecule has 108 valence electrons. The average molecular weight is 275 g/mol. The number of aromatic nitrogens is 2. The normalized spacial score (nSPS) is 29.3. The summed E-state index contributed by atoms with van der Waals surface area (Å²) < 4.78 is 0. The van der Waals surface area contributed by atoms with Gasteiger partial charge in [-0.15, -0.1) is 0 Å². The molecule has 1 N–H and O–H groups in total. The molecule has 0 radical (unpaired) electrons. The van der Waals surface area contributed by atoms with E-state index in [2.05, 4.69) is 17.1 Å². The molecule has 2 heterocycles. The van der Waals surface area contributed by atoms with Crippen molar-refractivity contribution in [1.29, 1.82) is 0 Å². The number of hydrogen-bond donors (Lipinski definition) is 1. The number of fused-ring (bicyclic) bond motifs is 1. The molecule has 20 heavy (non-hydrogen) atoms. The van der Waals surface area contributed by atoms with Crippen molar-refractivity contribution in [3.05, 3.63) is 17.5 Å². The number of nitrogens with one attached hydrogen (secondary N) is 1. The molecule has 3 rings (SSSR count). The molecule has 2 atom stereocenters. The van der Waals surface area contributed by atoms with Crippen LogP contribution in [-0.2, 0) is 16.0 Å². The van der Waals surface area contributed by atoms with E-state index in [0.717, 1.165) is 36.9 Å². The van der Waals surface area contributed by atoms with Crippen LogP contribution in [0.3, 0.4) is 0 Å². The van der Waals surface area contributed by atoms with Gasteiger partial charge < -0.3 is 0 Å². The van der Waals surface area contributed by atoms with Gasteiger partial charge in [0, 0.05) is 12.2 Å². The Labute approximate surface area is 118 Å². The molecule has 2 unspecified atom stereocenters. The van der Waals surface area contributed by atoms with Crippen LogP contribution in [0.4, 0.5) is 0 Å². The molecule has 1 aliphatic heterocycles. The van der Waals surface area contributed by atoms with Crippen LogP contribution in [-0.4, -0.2) is 33.5 Å². The maximum absolute atomic E-state index is 12.3. The zero-order valence-corrected chi connectivity index (χ0v) is 12.1. The summed E-state index contributed by atoms with van der Waals surface area (Å²) in [6.07, 6.45) is 5.25. The van der Waals surface area contributed by atoms with Crippen LogP contribution in [0, 0.1) is 24.7 Å². The topological polar surface area (TPSA) is 66.1 Å². The van der Waals surface area contributed by atoms with Crippen molar-refractivity contribution in [3.63, 3.8) is 0 Å². The summed E-state index contributed by atoms with van der Waals surface area (Å²) in [6.45, 7) is 4.66. The minimum Gasteiger partial charge on any atom is -0.283 e. The van der Waals surface area contributed by atoms with E-state index >= 15 is 0 Å². The Bertz CT molecular complexity index is 513. The van der Waals surface area contributed by atoms with Gasteiger partial charge in [0.25, 0.3) is 0 Å². The van der Waals surface area contributed by atoms with Gasteiger partial charge >= 0.3 is 0 Å². The predicted molar refractivity (Wildman–Crippen MR) is 73.7 cm³/mol. The molecule has 0 aromatic carbocycles. The number of H-pyrrole nitrogens is 1. The van der Waals surface area contributed by atoms with Crippen molar-refractivity contribution in [2.75, 3.05) is 6.54 Å². The van der Waals surface area contributed by atoms with Crippen LogP contribution >= 0.6 is 0 Å². The van der Waals surface area contributed by atoms with E-state index in [1.807, 2.05) is 13.1 Å². The number of carbonyl (C=O) groups excluding carboxylic acids is 2. The Balaban J connectivity index is 1.58. The third-order valence-corrected chi connectivity index (χ3v) is 4.73. The fourth-order valence-corrected chi connectivity index (χ4v) is 3.62. The van der Waals surface area contributed by atoms with E-state index in [-0.39, 0.29) is 23.7 Å². The highest BCUT2D eigenvalue weighted by Crippen LogP contribution is 2.42. The fraction of sp³-hybridized carbons (Fsp3) is 0.667. The first-order valence-corrected chi connectivity index (χ1v) is 7.42. The molecule has 1 aromatic heterocycles. The van der Waals surface area contributed by atoms with Crippen molar-refractivity contribution >= 4 is 11.8 Å². The van der Waals surface area contributed by atoms with E-state index in [0.29, 0.717) is 12.5 Å². The average Bonchev–Trinajstić information content (AvgIpc) is 3.04. The van der Waals surface area contributed by atoms with Crippen molar-refractivity contribution < 1.29 is 9.59 Å². The van der Waals surface area contributed by atoms with Crippen LogP contribution in [0.15, 0.2) is 6.20 Å². The quantitative estimate of drug-likeness (QED) is 0.850. The van der Waals surface area contributed by atoms with E-state index in [1.54, 1.807) is 0 Å². The lowest BCUT2D eigenvalue weighted by atomic mass is 10.00. The summed E-state index contributed by atoms with van der Waals surface area (Å²) in [5.41, 5.74) is 2.23. The smallest absolute Gasteiger partial charge is 0.233 e. The molecule has 5 heteroatoms. The summed E-state index contributed by atoms with van der Waals surface area (Å²) in [6, 6.07) is 0. The molecule has 5 nitrogen and oxygen atoms in total. The van der Waals surface area contributed by atoms with Crippen molar-refractivity contribution in [2.24, 2.45) is 17.8 Å². The highest BCUT2D eigenvalue weighted by Gasteiger charge is 2.51. The number of amides is 2. The lowest BCUT2D eigenvalue weighted by molar-refractivity contribution is -0.140. The first-order valence-electron chi connectivity index (χ1n) is 7.42. The molecule has 0 bridgehead atoms. The Morgan fingerprint density at radius 3 is 2.50 bits per heavy atom. The second-order valence-electron chi connectivity index (χ2n) is 6.24. The molecule has 1 aliphatic carbocycles. The van der Waals surface area contributed by atoms with Gasteiger partial charge in [-0.2, -0.15) is 5.10 Å². The first-order chi connectivity index (χ1) is 9.58. The summed E-state index contributed by atoms with van der Waals surface area (Å²) in [4.78, 5) is 26.1. The van der Waals surface area contributed by atoms with E-state index in [4.69, 9.17) is 0 Å². The number of nitrogens with zero attached hydrogens (tertiary/aromatic N) is 2. The van der Waals surface area contributed by atoms with Crippen molar-refractivity contribution in [1.82, 2.24) is 15.1 Å². The van der Waals surface area contributed by atoms with Gasteiger partial charge in [0.15, 0.2) is 0 Å². The molecule has 1 aromatic rings. The summed E-state index contributed by atoms with van der Waals surface area (Å²) in [5, 5.41) is 6.89. The largest absolute Gasteiger partial charge is 0.283 e. The van der Waals surface area contributed by atoms with Gasteiger partial charge in [-0.25, -0.2) is 0 Å². The van der Waals surface area contributed by atoms with Gasteiger partial charge in [-0.1, -0.05) is 6.92 Å². The van der Waals surface area contributed by atoms with E-state index in [1.165, 1.54) is 4.90 Å². The standard InChI is InChI=1S/C15H21N3O2/c1-9-6-12-13(7-9)15(20)18(14(12)19)5-3-4-11-8-16-17-10(11)2/h8-9,12-13H,3-7H2,1-2H3,(H,16,17). The van der Waals surface area contributed by atoms with Crippen LogP contribution in [0.5, 0.6) is 0 Å². The monoisotopic (exact) mass is 275 g/mol. The highest BCUT2D eigenvalue weighted by molar-refractivity contribution is 6.05. The zero-order chi connectivity index (χ0) is 14.3. The van der Waals surface area contributed by atoms with Gasteiger partial charge in [0.2, 0.25) is 11.8 Å². The second-order valence-corrected chi connectivity index (χ2v) is 6.24. The third-order valence-electron chi connectivity index (χ3n) is 4.73. The number of aromatic amines is 1. The SMILES string of the molecule is Cc1[nH]ncc1CCCN1C(=O)C2CC(C)CC2C1=O. The lowest BCUT2D eigenvalue weighted by Crippen LogP contribution is -2.33. The van der Waals surface area contributed by atoms with Crippen LogP contribution in [0.25, 0.3) is 0 Å². The molecule has 0 spiro atoms. The molecule has 1 saturated heterocycles. The minimum atomic E-state index is -0.0341. The van der Waals surface area contributed by atoms with Gasteiger partial charge in [-0.05, 0) is 44.1 Å². The Kier molecular flexibility index (Phi) is 3.36. The number of likely N-dealkylation sites (tertiary alicyclic amines) is 1. The Hall–Kier alpha value is -1.65. The van der Waals surface area contributed by atoms with Crippen molar-refractivity contribution in [3.8, 4) is 0 Å². The molecule has 1 saturated carbocycles. The fourth-order valence-electron chi connectivity index (χ4n) is 3.62. The molecule has 2 amide bonds. The maximum Gasteiger partial charge on any atom is 0.233 e. The minimum absolute atomic E-state index is 0.0341. The summed E-state index contributed by atoms with van der Waals surface area (Å²) in [7, 11) is 0. The van der Waals surface area contributed by atoms with Crippen LogP contribution in [0.1, 0.15) is 37.4 Å². The van der Waals surface area contributed by atoms with E-state index in [9.17, 15) is 9.59 Å². The predicted octanol–water partition coefficient (Wildman–Crippen LogP) is 1.68. The molecular weight excluding hydrogens is 254 g/mol. The van der Waals surface area contributed by atoms with Crippen LogP contribution < -0.4 is 0 Å². The summed E-state index contributed by atoms with van der Waals surface area (Å²) >= 11 is 0. The number of imide groups is 1. The Morgan fingerprint density at radius 2 is 1.95 bits per heavy atom. The molecular formula is C15H21N3O2. The number of carbonyl (C=O) groups is 2. The lowest BCUT2D eigenvalue weighted by Gasteiger charge is -2.16. The van der Waals surface area contributed by atoms with E-state index < -0.39 is 0 Å². The van der Waals surface area contributed by atoms with Gasteiger partial charge in [0.1, 0.15) is 0 Å². The highest BCUT2D eigenvalue weighted by atomic mass is 16.2. The van der Waals surface area contributed by atoms with Crippen molar-refractivity contribution in [2.45, 2.75) is 39.5 Å². The van der Waals surface area contributed by atoms with Crippen LogP contribution in [0.2, 0.25) is 0 Å². The molecule has 2 fully saturated rings. The second kappa shape index (κ2) is 5.04. The number of hydrogen-bond acceptors (Lipinski definition) is 3. The number of rotatable bonds is 4. The number of aryl methyl sites for hydroxylation is 2. The first kappa shape index (κ1) is 13.3. The molecule has 2 aliphatic rings. The maximum atomic E-state index is 12.3. The van der Waals surface area contributed by atoms with Gasteiger partial charge in [0.05, 0.1) is 18.0 Å². The third kappa shape index (κ3) is 2.15. The zero-order valence-electron chi connectivity index (χ0n) is 12.1. The Morgan fingerprint density at radius 1 is 1.30 bits per heavy atom. The summed E-state index contributed by atoms with van der Waals surface area (Å²) in [5.74, 6) is 0.566. The van der Waals surface area contributed by atoms with Gasteiger partial charge in [-0.3, -0.25) is 19.6 Å².